The molecule has 1 atom stereocenters. The molecule has 0 amide bonds. The zero-order chi connectivity index (χ0) is 12.8. The van der Waals surface area contributed by atoms with E-state index < -0.39 is 0 Å². The van der Waals surface area contributed by atoms with Crippen LogP contribution in [0.15, 0.2) is 28.8 Å². The standard InChI is InChI=1S/C12H14Cl3NO/c1-8(16-2)9-3-4-12(11(15)5-9)17-7-10(14)6-13/h3-6,8,16H,7H2,1-2H3/b10-6-. The second-order valence-electron chi connectivity index (χ2n) is 3.54. The van der Waals surface area contributed by atoms with Crippen molar-refractivity contribution in [2.75, 3.05) is 13.7 Å². The fourth-order valence-electron chi connectivity index (χ4n) is 1.25. The van der Waals surface area contributed by atoms with Crippen molar-refractivity contribution in [2.45, 2.75) is 13.0 Å². The van der Waals surface area contributed by atoms with E-state index in [1.807, 2.05) is 25.2 Å². The highest BCUT2D eigenvalue weighted by atomic mass is 35.5. The number of benzene rings is 1. The van der Waals surface area contributed by atoms with Crippen molar-refractivity contribution in [2.24, 2.45) is 0 Å². The van der Waals surface area contributed by atoms with Gasteiger partial charge in [-0.3, -0.25) is 0 Å². The Hall–Kier alpha value is -0.410. The third-order valence-corrected chi connectivity index (χ3v) is 3.26. The largest absolute Gasteiger partial charge is 0.486 e. The molecule has 94 valence electrons. The maximum Gasteiger partial charge on any atom is 0.138 e. The minimum absolute atomic E-state index is 0.214. The van der Waals surface area contributed by atoms with Gasteiger partial charge < -0.3 is 10.1 Å². The second kappa shape index (κ2) is 7.12. The van der Waals surface area contributed by atoms with E-state index in [-0.39, 0.29) is 12.6 Å². The maximum absolute atomic E-state index is 6.11. The summed E-state index contributed by atoms with van der Waals surface area (Å²) in [5.41, 5.74) is 2.37. The van der Waals surface area contributed by atoms with Crippen molar-refractivity contribution in [3.8, 4) is 5.75 Å². The molecule has 0 saturated heterocycles. The van der Waals surface area contributed by atoms with Gasteiger partial charge in [-0.2, -0.15) is 0 Å². The van der Waals surface area contributed by atoms with Crippen LogP contribution in [0.1, 0.15) is 18.5 Å². The highest BCUT2D eigenvalue weighted by molar-refractivity contribution is 6.36. The molecule has 2 nitrogen and oxygen atoms in total. The summed E-state index contributed by atoms with van der Waals surface area (Å²) in [5.74, 6) is 0.593. The monoisotopic (exact) mass is 293 g/mol. The third-order valence-electron chi connectivity index (χ3n) is 2.37. The molecule has 0 fully saturated rings. The van der Waals surface area contributed by atoms with Crippen LogP contribution in [0.25, 0.3) is 0 Å². The van der Waals surface area contributed by atoms with Crippen LogP contribution in [-0.2, 0) is 0 Å². The van der Waals surface area contributed by atoms with Crippen LogP contribution in [0.2, 0.25) is 5.02 Å². The molecule has 0 saturated carbocycles. The molecule has 0 heterocycles. The summed E-state index contributed by atoms with van der Waals surface area (Å²) in [6, 6.07) is 5.90. The normalized spacial score (nSPS) is 13.6. The van der Waals surface area contributed by atoms with Crippen molar-refractivity contribution in [3.05, 3.63) is 39.4 Å². The Morgan fingerprint density at radius 2 is 2.24 bits per heavy atom. The minimum atomic E-state index is 0.214. The van der Waals surface area contributed by atoms with E-state index in [1.165, 1.54) is 5.54 Å². The molecule has 1 N–H and O–H groups in total. The van der Waals surface area contributed by atoms with Gasteiger partial charge in [-0.15, -0.1) is 0 Å². The molecule has 1 unspecified atom stereocenters. The topological polar surface area (TPSA) is 21.3 Å². The zero-order valence-electron chi connectivity index (χ0n) is 9.64. The van der Waals surface area contributed by atoms with E-state index in [1.54, 1.807) is 0 Å². The van der Waals surface area contributed by atoms with Gasteiger partial charge >= 0.3 is 0 Å². The molecule has 0 aliphatic heterocycles. The number of nitrogens with one attached hydrogen (secondary N) is 1. The van der Waals surface area contributed by atoms with Gasteiger partial charge in [0, 0.05) is 11.6 Å². The molecule has 17 heavy (non-hydrogen) atoms. The Morgan fingerprint density at radius 3 is 2.76 bits per heavy atom. The van der Waals surface area contributed by atoms with Crippen molar-refractivity contribution in [3.63, 3.8) is 0 Å². The lowest BCUT2D eigenvalue weighted by atomic mass is 10.1. The third kappa shape index (κ3) is 4.40. The van der Waals surface area contributed by atoms with Crippen molar-refractivity contribution in [1.29, 1.82) is 0 Å². The Kier molecular flexibility index (Phi) is 6.14. The second-order valence-corrected chi connectivity index (χ2v) is 4.66. The molecule has 1 rings (SSSR count). The first-order valence-corrected chi connectivity index (χ1v) is 6.32. The van der Waals surface area contributed by atoms with E-state index in [0.717, 1.165) is 5.56 Å². The number of hydrogen-bond donors (Lipinski definition) is 1. The smallest absolute Gasteiger partial charge is 0.138 e. The molecular formula is C12H14Cl3NO. The van der Waals surface area contributed by atoms with Crippen molar-refractivity contribution < 1.29 is 4.74 Å². The number of rotatable bonds is 5. The summed E-state index contributed by atoms with van der Waals surface area (Å²) in [7, 11) is 1.90. The fourth-order valence-corrected chi connectivity index (χ4v) is 1.61. The first kappa shape index (κ1) is 14.7. The predicted octanol–water partition coefficient (Wildman–Crippen LogP) is 4.32. The number of ether oxygens (including phenoxy) is 1. The first-order chi connectivity index (χ1) is 8.08. The zero-order valence-corrected chi connectivity index (χ0v) is 11.9. The maximum atomic E-state index is 6.11. The molecule has 0 aliphatic carbocycles. The molecule has 5 heteroatoms. The van der Waals surface area contributed by atoms with Gasteiger partial charge in [0.2, 0.25) is 0 Å². The summed E-state index contributed by atoms with van der Waals surface area (Å²) in [6.07, 6.45) is 0. The lowest BCUT2D eigenvalue weighted by Crippen LogP contribution is -2.12. The van der Waals surface area contributed by atoms with E-state index in [4.69, 9.17) is 39.5 Å². The highest BCUT2D eigenvalue weighted by Gasteiger charge is 2.07. The SMILES string of the molecule is CNC(C)c1ccc(OC/C(Cl)=C/Cl)c(Cl)c1. The summed E-state index contributed by atoms with van der Waals surface area (Å²) >= 11 is 17.3. The Labute approximate surface area is 117 Å². The Morgan fingerprint density at radius 1 is 1.53 bits per heavy atom. The molecule has 1 aromatic rings. The quantitative estimate of drug-likeness (QED) is 0.873. The lowest BCUT2D eigenvalue weighted by molar-refractivity contribution is 0.359. The summed E-state index contributed by atoms with van der Waals surface area (Å²) in [6.45, 7) is 2.27. The molecule has 0 aromatic heterocycles. The highest BCUT2D eigenvalue weighted by Crippen LogP contribution is 2.28. The van der Waals surface area contributed by atoms with Crippen LogP contribution >= 0.6 is 34.8 Å². The summed E-state index contributed by atoms with van der Waals surface area (Å²) < 4.78 is 5.42. The fraction of sp³-hybridized carbons (Fsp3) is 0.333. The van der Waals surface area contributed by atoms with Crippen LogP contribution in [-0.4, -0.2) is 13.7 Å². The van der Waals surface area contributed by atoms with Gasteiger partial charge in [-0.1, -0.05) is 40.9 Å². The molecule has 1 aromatic carbocycles. The predicted molar refractivity (Wildman–Crippen MR) is 74.2 cm³/mol. The average Bonchev–Trinajstić information content (AvgIpc) is 2.35. The minimum Gasteiger partial charge on any atom is -0.486 e. The van der Waals surface area contributed by atoms with Crippen LogP contribution in [0.5, 0.6) is 5.75 Å². The van der Waals surface area contributed by atoms with Crippen LogP contribution < -0.4 is 10.1 Å². The van der Waals surface area contributed by atoms with E-state index in [2.05, 4.69) is 12.2 Å². The van der Waals surface area contributed by atoms with Crippen molar-refractivity contribution in [1.82, 2.24) is 5.32 Å². The van der Waals surface area contributed by atoms with Gasteiger partial charge in [0.05, 0.1) is 10.1 Å². The van der Waals surface area contributed by atoms with Gasteiger partial charge in [0.25, 0.3) is 0 Å². The van der Waals surface area contributed by atoms with E-state index in [9.17, 15) is 0 Å². The number of hydrogen-bond acceptors (Lipinski definition) is 2. The van der Waals surface area contributed by atoms with Gasteiger partial charge in [-0.05, 0) is 31.7 Å². The van der Waals surface area contributed by atoms with Gasteiger partial charge in [0.15, 0.2) is 0 Å². The average molecular weight is 295 g/mol. The number of halogens is 3. The molecular weight excluding hydrogens is 280 g/mol. The van der Waals surface area contributed by atoms with Gasteiger partial charge in [0.1, 0.15) is 12.4 Å². The van der Waals surface area contributed by atoms with E-state index >= 15 is 0 Å². The Balaban J connectivity index is 2.76. The van der Waals surface area contributed by atoms with Crippen LogP contribution in [0.3, 0.4) is 0 Å². The molecule has 0 spiro atoms. The van der Waals surface area contributed by atoms with Crippen LogP contribution in [0.4, 0.5) is 0 Å². The van der Waals surface area contributed by atoms with Crippen LogP contribution in [0, 0.1) is 0 Å². The molecule has 0 bridgehead atoms. The van der Waals surface area contributed by atoms with E-state index in [0.29, 0.717) is 15.8 Å². The summed E-state index contributed by atoms with van der Waals surface area (Å²) in [5, 5.41) is 4.13. The lowest BCUT2D eigenvalue weighted by Gasteiger charge is -2.13. The first-order valence-electron chi connectivity index (χ1n) is 5.12. The Bertz CT molecular complexity index is 407. The van der Waals surface area contributed by atoms with Crippen molar-refractivity contribution >= 4 is 34.8 Å². The molecule has 0 aliphatic rings. The molecule has 0 radical (unpaired) electrons. The summed E-state index contributed by atoms with van der Waals surface area (Å²) in [4.78, 5) is 0. The van der Waals surface area contributed by atoms with Gasteiger partial charge in [-0.25, -0.2) is 0 Å².